The molecule has 0 amide bonds. The summed E-state index contributed by atoms with van der Waals surface area (Å²) in [5.41, 5.74) is 0.427. The van der Waals surface area contributed by atoms with E-state index in [0.29, 0.717) is 5.41 Å². The molecule has 0 aliphatic heterocycles. The van der Waals surface area contributed by atoms with Gasteiger partial charge in [0.1, 0.15) is 0 Å². The summed E-state index contributed by atoms with van der Waals surface area (Å²) in [6.07, 6.45) is 13.9. The van der Waals surface area contributed by atoms with E-state index >= 15 is 0 Å². The molecule has 0 bridgehead atoms. The summed E-state index contributed by atoms with van der Waals surface area (Å²) in [4.78, 5) is 0. The summed E-state index contributed by atoms with van der Waals surface area (Å²) in [7, 11) is 0. The quantitative estimate of drug-likeness (QED) is 0.652. The van der Waals surface area contributed by atoms with Crippen LogP contribution in [-0.2, 0) is 0 Å². The molecule has 1 heteroatoms. The average molecular weight is 290 g/mol. The maximum absolute atomic E-state index is 10.9. The Morgan fingerprint density at radius 3 is 2.33 bits per heavy atom. The van der Waals surface area contributed by atoms with E-state index in [9.17, 15) is 5.11 Å². The number of hydrogen-bond donors (Lipinski definition) is 1. The topological polar surface area (TPSA) is 20.2 Å². The third-order valence-corrected chi connectivity index (χ3v) is 9.15. The van der Waals surface area contributed by atoms with Crippen molar-refractivity contribution in [3.8, 4) is 0 Å². The minimum absolute atomic E-state index is 0.200. The molecule has 0 spiro atoms. The van der Waals surface area contributed by atoms with Crippen molar-refractivity contribution in [3.05, 3.63) is 0 Å². The first-order chi connectivity index (χ1) is 9.88. The predicted molar refractivity (Wildman–Crippen MR) is 87.0 cm³/mol. The van der Waals surface area contributed by atoms with Crippen molar-refractivity contribution < 1.29 is 5.11 Å². The zero-order valence-corrected chi connectivity index (χ0v) is 14.3. The average Bonchev–Trinajstić information content (AvgIpc) is 2.69. The van der Waals surface area contributed by atoms with Crippen molar-refractivity contribution in [2.24, 2.45) is 34.5 Å². The van der Waals surface area contributed by atoms with E-state index in [1.807, 2.05) is 0 Å². The van der Waals surface area contributed by atoms with Crippen LogP contribution in [0, 0.1) is 34.5 Å². The van der Waals surface area contributed by atoms with Crippen LogP contribution in [0.4, 0.5) is 0 Å². The van der Waals surface area contributed by atoms with Crippen LogP contribution in [-0.4, -0.2) is 10.7 Å². The molecule has 120 valence electrons. The molecule has 1 nitrogen and oxygen atoms in total. The number of hydrogen-bond acceptors (Lipinski definition) is 1. The van der Waals surface area contributed by atoms with Gasteiger partial charge in [-0.1, -0.05) is 26.7 Å². The van der Waals surface area contributed by atoms with Crippen LogP contribution in [0.1, 0.15) is 85.0 Å². The van der Waals surface area contributed by atoms with Gasteiger partial charge < -0.3 is 5.11 Å². The Labute approximate surface area is 130 Å². The molecule has 0 saturated heterocycles. The van der Waals surface area contributed by atoms with Crippen molar-refractivity contribution in [3.63, 3.8) is 0 Å². The van der Waals surface area contributed by atoms with Gasteiger partial charge in [-0.25, -0.2) is 0 Å². The Morgan fingerprint density at radius 2 is 1.52 bits per heavy atom. The highest BCUT2D eigenvalue weighted by Crippen LogP contribution is 2.68. The molecule has 0 heterocycles. The van der Waals surface area contributed by atoms with Gasteiger partial charge >= 0.3 is 0 Å². The summed E-state index contributed by atoms with van der Waals surface area (Å²) < 4.78 is 0. The molecule has 4 saturated carbocycles. The Morgan fingerprint density at radius 1 is 0.762 bits per heavy atom. The largest absolute Gasteiger partial charge is 0.390 e. The first-order valence-corrected chi connectivity index (χ1v) is 9.61. The lowest BCUT2D eigenvalue weighted by atomic mass is 9.44. The van der Waals surface area contributed by atoms with Gasteiger partial charge in [0.2, 0.25) is 0 Å². The van der Waals surface area contributed by atoms with Gasteiger partial charge in [-0.2, -0.15) is 0 Å². The van der Waals surface area contributed by atoms with Gasteiger partial charge in [0.15, 0.2) is 0 Å². The van der Waals surface area contributed by atoms with Crippen molar-refractivity contribution >= 4 is 0 Å². The van der Waals surface area contributed by atoms with Gasteiger partial charge in [0.25, 0.3) is 0 Å². The van der Waals surface area contributed by atoms with E-state index < -0.39 is 5.60 Å². The van der Waals surface area contributed by atoms with Crippen molar-refractivity contribution in [1.82, 2.24) is 0 Å². The molecular formula is C20H34O. The van der Waals surface area contributed by atoms with Crippen molar-refractivity contribution in [2.45, 2.75) is 90.6 Å². The standard InChI is InChI=1S/C20H34O/c1-18-11-5-4-6-14(18)7-8-15-16(18)9-12-19(2)17(15)10-13-20(19,3)21/h14-17,21H,4-13H2,1-3H3/t14-,15-,16+,17+,18+,19+,20+/m0/s1. The molecule has 0 unspecified atom stereocenters. The Bertz CT molecular complexity index is 428. The summed E-state index contributed by atoms with van der Waals surface area (Å²) >= 11 is 0. The maximum Gasteiger partial charge on any atom is 0.0675 e. The van der Waals surface area contributed by atoms with E-state index in [1.165, 1.54) is 57.8 Å². The normalized spacial score (nSPS) is 60.0. The Balaban J connectivity index is 1.66. The predicted octanol–water partition coefficient (Wildman–Crippen LogP) is 5.17. The van der Waals surface area contributed by atoms with Crippen LogP contribution >= 0.6 is 0 Å². The van der Waals surface area contributed by atoms with E-state index in [0.717, 1.165) is 30.1 Å². The SMILES string of the molecule is C[C@@]12CCCC[C@H]1CC[C@H]1[C@H]2CC[C@]2(C)[C@@H]1CC[C@@]2(C)O. The third kappa shape index (κ3) is 1.79. The number of rotatable bonds is 0. The van der Waals surface area contributed by atoms with E-state index in [-0.39, 0.29) is 5.41 Å². The third-order valence-electron chi connectivity index (χ3n) is 9.15. The second kappa shape index (κ2) is 4.49. The fourth-order valence-electron chi connectivity index (χ4n) is 7.54. The molecule has 4 aliphatic rings. The van der Waals surface area contributed by atoms with Gasteiger partial charge in [-0.15, -0.1) is 0 Å². The Kier molecular flexibility index (Phi) is 3.11. The molecule has 4 aliphatic carbocycles. The molecular weight excluding hydrogens is 256 g/mol. The van der Waals surface area contributed by atoms with Crippen LogP contribution < -0.4 is 0 Å². The van der Waals surface area contributed by atoms with Crippen LogP contribution in [0.3, 0.4) is 0 Å². The second-order valence-electron chi connectivity index (χ2n) is 9.67. The summed E-state index contributed by atoms with van der Waals surface area (Å²) in [5, 5.41) is 10.9. The van der Waals surface area contributed by atoms with Crippen LogP contribution in [0.2, 0.25) is 0 Å². The lowest BCUT2D eigenvalue weighted by molar-refractivity contribution is -0.145. The molecule has 0 aromatic carbocycles. The minimum Gasteiger partial charge on any atom is -0.390 e. The summed E-state index contributed by atoms with van der Waals surface area (Å²) in [6, 6.07) is 0. The lowest BCUT2D eigenvalue weighted by Crippen LogP contribution is -2.55. The zero-order valence-electron chi connectivity index (χ0n) is 14.3. The van der Waals surface area contributed by atoms with Gasteiger partial charge in [-0.05, 0) is 92.8 Å². The molecule has 21 heavy (non-hydrogen) atoms. The fraction of sp³-hybridized carbons (Fsp3) is 1.00. The number of fused-ring (bicyclic) bond motifs is 5. The van der Waals surface area contributed by atoms with E-state index in [1.54, 1.807) is 0 Å². The monoisotopic (exact) mass is 290 g/mol. The highest BCUT2D eigenvalue weighted by molar-refractivity contribution is 5.12. The van der Waals surface area contributed by atoms with E-state index in [2.05, 4.69) is 20.8 Å². The first-order valence-electron chi connectivity index (χ1n) is 9.61. The zero-order chi connectivity index (χ0) is 14.9. The van der Waals surface area contributed by atoms with Crippen LogP contribution in [0.15, 0.2) is 0 Å². The van der Waals surface area contributed by atoms with E-state index in [4.69, 9.17) is 0 Å². The van der Waals surface area contributed by atoms with Gasteiger partial charge in [0, 0.05) is 0 Å². The summed E-state index contributed by atoms with van der Waals surface area (Å²) in [6.45, 7) is 7.18. The Hall–Kier alpha value is -0.0400. The van der Waals surface area contributed by atoms with Crippen molar-refractivity contribution in [1.29, 1.82) is 0 Å². The molecule has 0 aromatic heterocycles. The van der Waals surface area contributed by atoms with Crippen LogP contribution in [0.5, 0.6) is 0 Å². The highest BCUT2D eigenvalue weighted by Gasteiger charge is 2.62. The molecule has 4 rings (SSSR count). The minimum atomic E-state index is -0.410. The molecule has 0 radical (unpaired) electrons. The lowest BCUT2D eigenvalue weighted by Gasteiger charge is -2.61. The molecule has 1 N–H and O–H groups in total. The first kappa shape index (κ1) is 14.5. The molecule has 7 atom stereocenters. The molecule has 4 fully saturated rings. The van der Waals surface area contributed by atoms with Gasteiger partial charge in [0.05, 0.1) is 5.60 Å². The summed E-state index contributed by atoms with van der Waals surface area (Å²) in [5.74, 6) is 3.69. The highest BCUT2D eigenvalue weighted by atomic mass is 16.3. The fourth-order valence-corrected chi connectivity index (χ4v) is 7.54. The van der Waals surface area contributed by atoms with Gasteiger partial charge in [-0.3, -0.25) is 0 Å². The second-order valence-corrected chi connectivity index (χ2v) is 9.67. The number of aliphatic hydroxyl groups is 1. The molecule has 0 aromatic rings. The van der Waals surface area contributed by atoms with Crippen LogP contribution in [0.25, 0.3) is 0 Å². The van der Waals surface area contributed by atoms with Crippen molar-refractivity contribution in [2.75, 3.05) is 0 Å². The maximum atomic E-state index is 10.9. The smallest absolute Gasteiger partial charge is 0.0675 e.